The Morgan fingerprint density at radius 3 is 2.40 bits per heavy atom. The SMILES string of the molecule is COC(=O)c1ccc(CN2C(=O)N/C(=C\c3cc(Br)c(OCc4ccc(Br)cc4)c(Br)c3)C2=O)o1. The van der Waals surface area contributed by atoms with Gasteiger partial charge < -0.3 is 19.2 Å². The van der Waals surface area contributed by atoms with Gasteiger partial charge in [0.25, 0.3) is 5.91 Å². The van der Waals surface area contributed by atoms with Crippen molar-refractivity contribution in [2.75, 3.05) is 7.11 Å². The number of halogens is 3. The van der Waals surface area contributed by atoms with Crippen molar-refractivity contribution in [3.05, 3.63) is 90.3 Å². The van der Waals surface area contributed by atoms with Crippen molar-refractivity contribution in [2.45, 2.75) is 13.2 Å². The fourth-order valence-electron chi connectivity index (χ4n) is 3.25. The number of amides is 3. The lowest BCUT2D eigenvalue weighted by Gasteiger charge is -2.12. The number of carbonyl (C=O) groups excluding carboxylic acids is 3. The van der Waals surface area contributed by atoms with Gasteiger partial charge in [-0.1, -0.05) is 28.1 Å². The molecule has 2 aromatic carbocycles. The largest absolute Gasteiger partial charge is 0.487 e. The summed E-state index contributed by atoms with van der Waals surface area (Å²) in [5, 5.41) is 2.57. The molecular formula is C24H17Br3N2O6. The summed E-state index contributed by atoms with van der Waals surface area (Å²) in [5.74, 6) is -0.295. The van der Waals surface area contributed by atoms with Crippen LogP contribution in [0, 0.1) is 0 Å². The van der Waals surface area contributed by atoms with Gasteiger partial charge in [0.1, 0.15) is 23.8 Å². The normalized spacial score (nSPS) is 14.4. The zero-order valence-corrected chi connectivity index (χ0v) is 22.9. The highest BCUT2D eigenvalue weighted by Gasteiger charge is 2.34. The third kappa shape index (κ3) is 5.85. The van der Waals surface area contributed by atoms with Crippen molar-refractivity contribution in [1.29, 1.82) is 0 Å². The van der Waals surface area contributed by atoms with E-state index in [1.807, 2.05) is 24.3 Å². The first-order chi connectivity index (χ1) is 16.7. The number of hydrogen-bond donors (Lipinski definition) is 1. The van der Waals surface area contributed by atoms with Crippen molar-refractivity contribution < 1.29 is 28.3 Å². The maximum Gasteiger partial charge on any atom is 0.373 e. The number of imide groups is 1. The predicted octanol–water partition coefficient (Wildman–Crippen LogP) is 6.03. The number of benzene rings is 2. The lowest BCUT2D eigenvalue weighted by atomic mass is 10.2. The molecule has 0 unspecified atom stereocenters. The number of nitrogens with one attached hydrogen (secondary N) is 1. The van der Waals surface area contributed by atoms with Gasteiger partial charge in [-0.15, -0.1) is 0 Å². The van der Waals surface area contributed by atoms with Crippen LogP contribution in [0.3, 0.4) is 0 Å². The van der Waals surface area contributed by atoms with E-state index in [1.54, 1.807) is 18.2 Å². The van der Waals surface area contributed by atoms with Gasteiger partial charge in [0, 0.05) is 4.47 Å². The molecule has 1 N–H and O–H groups in total. The molecule has 3 aromatic rings. The van der Waals surface area contributed by atoms with E-state index in [1.165, 1.54) is 19.2 Å². The Bertz CT molecular complexity index is 1310. The summed E-state index contributed by atoms with van der Waals surface area (Å²) in [4.78, 5) is 37.8. The molecule has 2 heterocycles. The number of nitrogens with zero attached hydrogens (tertiary/aromatic N) is 1. The molecule has 3 amide bonds. The van der Waals surface area contributed by atoms with Gasteiger partial charge in [-0.3, -0.25) is 9.69 Å². The average Bonchev–Trinajstić information content (AvgIpc) is 3.39. The maximum atomic E-state index is 12.8. The first-order valence-electron chi connectivity index (χ1n) is 10.1. The van der Waals surface area contributed by atoms with E-state index in [0.29, 0.717) is 26.9 Å². The molecule has 0 bridgehead atoms. The number of esters is 1. The van der Waals surface area contributed by atoms with Gasteiger partial charge >= 0.3 is 12.0 Å². The minimum Gasteiger partial charge on any atom is -0.487 e. The van der Waals surface area contributed by atoms with E-state index >= 15 is 0 Å². The Kier molecular flexibility index (Phi) is 7.78. The first-order valence-corrected chi connectivity index (χ1v) is 12.5. The van der Waals surface area contributed by atoms with Gasteiger partial charge in [0.2, 0.25) is 5.76 Å². The zero-order chi connectivity index (χ0) is 25.1. The van der Waals surface area contributed by atoms with E-state index < -0.39 is 17.9 Å². The van der Waals surface area contributed by atoms with Crippen LogP contribution in [0.15, 0.2) is 72.1 Å². The van der Waals surface area contributed by atoms with Crippen molar-refractivity contribution in [1.82, 2.24) is 10.2 Å². The minimum absolute atomic E-state index is 0.0116. The molecule has 1 fully saturated rings. The van der Waals surface area contributed by atoms with Crippen molar-refractivity contribution in [3.63, 3.8) is 0 Å². The lowest BCUT2D eigenvalue weighted by molar-refractivity contribution is -0.123. The number of carbonyl (C=O) groups is 3. The maximum absolute atomic E-state index is 12.8. The summed E-state index contributed by atoms with van der Waals surface area (Å²) >= 11 is 10.4. The average molecular weight is 669 g/mol. The number of urea groups is 1. The van der Waals surface area contributed by atoms with Crippen molar-refractivity contribution in [2.24, 2.45) is 0 Å². The van der Waals surface area contributed by atoms with Crippen molar-refractivity contribution in [3.8, 4) is 5.75 Å². The van der Waals surface area contributed by atoms with Crippen LogP contribution in [0.4, 0.5) is 4.79 Å². The highest BCUT2D eigenvalue weighted by atomic mass is 79.9. The van der Waals surface area contributed by atoms with Crippen LogP contribution in [0.2, 0.25) is 0 Å². The fraction of sp³-hybridized carbons (Fsp3) is 0.125. The Balaban J connectivity index is 1.47. The second-order valence-electron chi connectivity index (χ2n) is 7.37. The summed E-state index contributed by atoms with van der Waals surface area (Å²) in [6.07, 6.45) is 1.57. The van der Waals surface area contributed by atoms with E-state index in [-0.39, 0.29) is 23.8 Å². The van der Waals surface area contributed by atoms with E-state index in [4.69, 9.17) is 9.15 Å². The molecule has 1 aliphatic heterocycles. The van der Waals surface area contributed by atoms with Gasteiger partial charge in [0.15, 0.2) is 0 Å². The molecular weight excluding hydrogens is 652 g/mol. The molecule has 35 heavy (non-hydrogen) atoms. The topological polar surface area (TPSA) is 98.1 Å². The molecule has 0 atom stereocenters. The summed E-state index contributed by atoms with van der Waals surface area (Å²) in [7, 11) is 1.23. The molecule has 0 spiro atoms. The van der Waals surface area contributed by atoms with Crippen LogP contribution in [-0.4, -0.2) is 29.9 Å². The van der Waals surface area contributed by atoms with E-state index in [9.17, 15) is 14.4 Å². The van der Waals surface area contributed by atoms with Crippen LogP contribution in [0.5, 0.6) is 5.75 Å². The Labute approximate surface area is 225 Å². The Morgan fingerprint density at radius 1 is 1.06 bits per heavy atom. The monoisotopic (exact) mass is 666 g/mol. The molecule has 0 aliphatic carbocycles. The van der Waals surface area contributed by atoms with Gasteiger partial charge in [-0.05, 0) is 85.5 Å². The highest BCUT2D eigenvalue weighted by molar-refractivity contribution is 9.11. The molecule has 4 rings (SSSR count). The summed E-state index contributed by atoms with van der Waals surface area (Å²) in [6.45, 7) is 0.244. The summed E-state index contributed by atoms with van der Waals surface area (Å²) in [5.41, 5.74) is 1.78. The molecule has 1 saturated heterocycles. The first kappa shape index (κ1) is 25.2. The molecule has 1 aromatic heterocycles. The Hall–Kier alpha value is -2.89. The minimum atomic E-state index is -0.644. The highest BCUT2D eigenvalue weighted by Crippen LogP contribution is 2.36. The van der Waals surface area contributed by atoms with Crippen LogP contribution in [0.25, 0.3) is 6.08 Å². The number of methoxy groups -OCH3 is 1. The quantitative estimate of drug-likeness (QED) is 0.188. The van der Waals surface area contributed by atoms with Crippen LogP contribution >= 0.6 is 47.8 Å². The lowest BCUT2D eigenvalue weighted by Crippen LogP contribution is -2.30. The van der Waals surface area contributed by atoms with Crippen LogP contribution < -0.4 is 10.1 Å². The third-order valence-electron chi connectivity index (χ3n) is 4.95. The molecule has 0 radical (unpaired) electrons. The van der Waals surface area contributed by atoms with Gasteiger partial charge in [-0.25, -0.2) is 9.59 Å². The number of rotatable bonds is 7. The second-order valence-corrected chi connectivity index (χ2v) is 9.99. The van der Waals surface area contributed by atoms with Gasteiger partial charge in [-0.2, -0.15) is 0 Å². The summed E-state index contributed by atoms with van der Waals surface area (Å²) < 4.78 is 18.2. The third-order valence-corrected chi connectivity index (χ3v) is 6.66. The predicted molar refractivity (Wildman–Crippen MR) is 137 cm³/mol. The van der Waals surface area contributed by atoms with E-state index in [2.05, 4.69) is 57.8 Å². The molecule has 11 heteroatoms. The number of ether oxygens (including phenoxy) is 2. The smallest absolute Gasteiger partial charge is 0.373 e. The van der Waals surface area contributed by atoms with Crippen LogP contribution in [0.1, 0.15) is 27.4 Å². The van der Waals surface area contributed by atoms with Crippen molar-refractivity contribution >= 4 is 71.8 Å². The molecule has 8 nitrogen and oxygen atoms in total. The van der Waals surface area contributed by atoms with Crippen LogP contribution in [-0.2, 0) is 22.7 Å². The number of furan rings is 1. The van der Waals surface area contributed by atoms with Gasteiger partial charge in [0.05, 0.1) is 22.6 Å². The fourth-order valence-corrected chi connectivity index (χ4v) is 4.96. The van der Waals surface area contributed by atoms with E-state index in [0.717, 1.165) is 14.9 Å². The zero-order valence-electron chi connectivity index (χ0n) is 18.1. The summed E-state index contributed by atoms with van der Waals surface area (Å²) in [6, 6.07) is 13.7. The standard InChI is InChI=1S/C24H17Br3N2O6/c1-33-23(31)20-7-6-16(35-20)11-29-22(30)19(28-24(29)32)10-14-8-17(26)21(18(27)9-14)34-12-13-2-4-15(25)5-3-13/h2-10H,11-12H2,1H3,(H,28,32)/b19-10-. The molecule has 1 aliphatic rings. The Morgan fingerprint density at radius 2 is 1.74 bits per heavy atom. The number of hydrogen-bond acceptors (Lipinski definition) is 6. The molecule has 0 saturated carbocycles. The molecule has 180 valence electrons. The second kappa shape index (κ2) is 10.8.